The molecule has 0 aliphatic heterocycles. The van der Waals surface area contributed by atoms with Crippen LogP contribution in [0.4, 0.5) is 10.1 Å². The summed E-state index contributed by atoms with van der Waals surface area (Å²) in [6.45, 7) is -0.280. The number of nitrogens with one attached hydrogen (secondary N) is 1. The van der Waals surface area contributed by atoms with Crippen LogP contribution in [0.15, 0.2) is 24.3 Å². The average Bonchev–Trinajstić information content (AvgIpc) is 2.75. The van der Waals surface area contributed by atoms with Crippen molar-refractivity contribution in [1.82, 2.24) is 4.31 Å². The van der Waals surface area contributed by atoms with Gasteiger partial charge in [-0.25, -0.2) is 12.8 Å². The molecule has 0 aromatic heterocycles. The summed E-state index contributed by atoms with van der Waals surface area (Å²) in [6.07, 6.45) is 6.76. The number of nitrogens with zero attached hydrogens (tertiary/aromatic N) is 1. The van der Waals surface area contributed by atoms with Crippen molar-refractivity contribution in [1.29, 1.82) is 0 Å². The van der Waals surface area contributed by atoms with Crippen molar-refractivity contribution >= 4 is 21.6 Å². The van der Waals surface area contributed by atoms with Crippen molar-refractivity contribution in [2.45, 2.75) is 44.6 Å². The fourth-order valence-corrected chi connectivity index (χ4v) is 4.06. The van der Waals surface area contributed by atoms with Gasteiger partial charge in [0.15, 0.2) is 0 Å². The van der Waals surface area contributed by atoms with E-state index in [9.17, 15) is 17.6 Å². The molecule has 0 spiro atoms. The molecule has 0 radical (unpaired) electrons. The predicted molar refractivity (Wildman–Crippen MR) is 88.1 cm³/mol. The van der Waals surface area contributed by atoms with E-state index in [4.69, 9.17) is 0 Å². The van der Waals surface area contributed by atoms with E-state index in [2.05, 4.69) is 5.32 Å². The zero-order chi connectivity index (χ0) is 16.9. The molecule has 7 heteroatoms. The van der Waals surface area contributed by atoms with E-state index in [1.54, 1.807) is 6.07 Å². The Morgan fingerprint density at radius 2 is 1.83 bits per heavy atom. The topological polar surface area (TPSA) is 66.5 Å². The van der Waals surface area contributed by atoms with Gasteiger partial charge in [-0.1, -0.05) is 37.8 Å². The van der Waals surface area contributed by atoms with E-state index < -0.39 is 21.7 Å². The van der Waals surface area contributed by atoms with E-state index >= 15 is 0 Å². The Morgan fingerprint density at radius 3 is 2.39 bits per heavy atom. The van der Waals surface area contributed by atoms with Gasteiger partial charge in [-0.3, -0.25) is 4.79 Å². The molecule has 5 nitrogen and oxygen atoms in total. The molecule has 128 valence electrons. The first-order chi connectivity index (χ1) is 10.9. The van der Waals surface area contributed by atoms with E-state index in [0.717, 1.165) is 44.8 Å². The monoisotopic (exact) mass is 342 g/mol. The lowest BCUT2D eigenvalue weighted by Crippen LogP contribution is -2.44. The minimum atomic E-state index is -3.50. The molecule has 0 heterocycles. The third kappa shape index (κ3) is 5.28. The standard InChI is InChI=1S/C16H23FN2O3S/c1-23(21,22)19(13-8-4-2-3-5-9-13)12-16(20)18-15-11-7-6-10-14(15)17/h6-7,10-11,13H,2-5,8-9,12H2,1H3,(H,18,20). The average molecular weight is 342 g/mol. The molecular formula is C16H23FN2O3S. The minimum absolute atomic E-state index is 0.0619. The van der Waals surface area contributed by atoms with E-state index in [1.165, 1.54) is 22.5 Å². The SMILES string of the molecule is CS(=O)(=O)N(CC(=O)Nc1ccccc1F)C1CCCCCC1. The summed E-state index contributed by atoms with van der Waals surface area (Å²) >= 11 is 0. The molecule has 23 heavy (non-hydrogen) atoms. The normalized spacial score (nSPS) is 17.0. The largest absolute Gasteiger partial charge is 0.322 e. The van der Waals surface area contributed by atoms with Crippen LogP contribution in [0.5, 0.6) is 0 Å². The van der Waals surface area contributed by atoms with Gasteiger partial charge in [0.2, 0.25) is 15.9 Å². The number of sulfonamides is 1. The molecule has 0 bridgehead atoms. The van der Waals surface area contributed by atoms with Crippen LogP contribution in [0.25, 0.3) is 0 Å². The van der Waals surface area contributed by atoms with E-state index in [-0.39, 0.29) is 18.3 Å². The fourth-order valence-electron chi connectivity index (χ4n) is 2.96. The zero-order valence-electron chi connectivity index (χ0n) is 13.3. The number of hydrogen-bond donors (Lipinski definition) is 1. The highest BCUT2D eigenvalue weighted by Crippen LogP contribution is 2.24. The number of carbonyl (C=O) groups is 1. The van der Waals surface area contributed by atoms with Gasteiger partial charge in [0.05, 0.1) is 18.5 Å². The van der Waals surface area contributed by atoms with Gasteiger partial charge in [0.25, 0.3) is 0 Å². The highest BCUT2D eigenvalue weighted by atomic mass is 32.2. The van der Waals surface area contributed by atoms with Crippen molar-refractivity contribution in [2.75, 3.05) is 18.1 Å². The van der Waals surface area contributed by atoms with Crippen LogP contribution >= 0.6 is 0 Å². The lowest BCUT2D eigenvalue weighted by atomic mass is 10.1. The van der Waals surface area contributed by atoms with Crippen LogP contribution in [0.2, 0.25) is 0 Å². The molecule has 0 unspecified atom stereocenters. The molecule has 0 atom stereocenters. The van der Waals surface area contributed by atoms with Gasteiger partial charge < -0.3 is 5.32 Å². The molecule has 1 aromatic carbocycles. The lowest BCUT2D eigenvalue weighted by molar-refractivity contribution is -0.116. The summed E-state index contributed by atoms with van der Waals surface area (Å²) in [7, 11) is -3.50. The quantitative estimate of drug-likeness (QED) is 0.837. The Labute approximate surface area is 136 Å². The van der Waals surface area contributed by atoms with Gasteiger partial charge in [-0.2, -0.15) is 4.31 Å². The molecule has 2 rings (SSSR count). The van der Waals surface area contributed by atoms with E-state index in [0.29, 0.717) is 0 Å². The molecule has 1 amide bonds. The maximum Gasteiger partial charge on any atom is 0.239 e. The Kier molecular flexibility index (Phi) is 6.12. The second-order valence-electron chi connectivity index (χ2n) is 5.98. The number of hydrogen-bond acceptors (Lipinski definition) is 3. The molecule has 1 aliphatic carbocycles. The van der Waals surface area contributed by atoms with Gasteiger partial charge in [-0.05, 0) is 25.0 Å². The first kappa shape index (κ1) is 17.9. The van der Waals surface area contributed by atoms with Crippen LogP contribution in [-0.4, -0.2) is 37.5 Å². The number of amides is 1. The molecular weight excluding hydrogens is 319 g/mol. The van der Waals surface area contributed by atoms with Crippen LogP contribution < -0.4 is 5.32 Å². The minimum Gasteiger partial charge on any atom is -0.322 e. The fraction of sp³-hybridized carbons (Fsp3) is 0.562. The number of anilines is 1. The van der Waals surface area contributed by atoms with Crippen molar-refractivity contribution in [3.63, 3.8) is 0 Å². The van der Waals surface area contributed by atoms with Crippen LogP contribution in [0.1, 0.15) is 38.5 Å². The van der Waals surface area contributed by atoms with Gasteiger partial charge in [0, 0.05) is 6.04 Å². The number of benzene rings is 1. The van der Waals surface area contributed by atoms with Crippen LogP contribution in [0.3, 0.4) is 0 Å². The Hall–Kier alpha value is -1.47. The van der Waals surface area contributed by atoms with Gasteiger partial charge in [-0.15, -0.1) is 0 Å². The predicted octanol–water partition coefficient (Wildman–Crippen LogP) is 2.75. The Balaban J connectivity index is 2.08. The Morgan fingerprint density at radius 1 is 1.22 bits per heavy atom. The maximum absolute atomic E-state index is 13.6. The molecule has 1 aliphatic rings. The molecule has 1 fully saturated rings. The first-order valence-electron chi connectivity index (χ1n) is 7.89. The Bertz CT molecular complexity index is 640. The zero-order valence-corrected chi connectivity index (χ0v) is 14.1. The number of rotatable bonds is 5. The summed E-state index contributed by atoms with van der Waals surface area (Å²) in [5, 5.41) is 2.45. The number of carbonyl (C=O) groups excluding carboxylic acids is 1. The number of para-hydroxylation sites is 1. The van der Waals surface area contributed by atoms with Crippen LogP contribution in [-0.2, 0) is 14.8 Å². The first-order valence-corrected chi connectivity index (χ1v) is 9.74. The summed E-state index contributed by atoms with van der Waals surface area (Å²) in [5.74, 6) is -1.06. The second-order valence-corrected chi connectivity index (χ2v) is 7.92. The molecule has 1 saturated carbocycles. The lowest BCUT2D eigenvalue weighted by Gasteiger charge is -2.28. The molecule has 1 aromatic rings. The third-order valence-corrected chi connectivity index (χ3v) is 5.38. The molecule has 0 saturated heterocycles. The van der Waals surface area contributed by atoms with Crippen molar-refractivity contribution in [3.05, 3.63) is 30.1 Å². The maximum atomic E-state index is 13.6. The summed E-state index contributed by atoms with van der Waals surface area (Å²) < 4.78 is 39.0. The smallest absolute Gasteiger partial charge is 0.239 e. The van der Waals surface area contributed by atoms with Crippen molar-refractivity contribution in [3.8, 4) is 0 Å². The highest BCUT2D eigenvalue weighted by molar-refractivity contribution is 7.88. The molecule has 1 N–H and O–H groups in total. The number of halogens is 1. The summed E-state index contributed by atoms with van der Waals surface area (Å²) in [4.78, 5) is 12.2. The van der Waals surface area contributed by atoms with Crippen LogP contribution in [0, 0.1) is 5.82 Å². The summed E-state index contributed by atoms with van der Waals surface area (Å²) in [6, 6.07) is 5.68. The van der Waals surface area contributed by atoms with Crippen molar-refractivity contribution < 1.29 is 17.6 Å². The van der Waals surface area contributed by atoms with Gasteiger partial charge >= 0.3 is 0 Å². The van der Waals surface area contributed by atoms with E-state index in [1.807, 2.05) is 0 Å². The second kappa shape index (κ2) is 7.88. The highest BCUT2D eigenvalue weighted by Gasteiger charge is 2.29. The van der Waals surface area contributed by atoms with Crippen molar-refractivity contribution in [2.24, 2.45) is 0 Å². The summed E-state index contributed by atoms with van der Waals surface area (Å²) in [5.41, 5.74) is 0.0619. The third-order valence-electron chi connectivity index (χ3n) is 4.11. The van der Waals surface area contributed by atoms with Gasteiger partial charge in [0.1, 0.15) is 5.82 Å².